The van der Waals surface area contributed by atoms with E-state index in [1.807, 2.05) is 18.2 Å². The van der Waals surface area contributed by atoms with E-state index in [1.165, 1.54) is 21.7 Å². The SMILES string of the molecule is CCCCN(Cc1ccccc1)c1c(CC)cnc2c1c(=O)n(C)c(=O)n2C. The Morgan fingerprint density at radius 2 is 1.75 bits per heavy atom. The van der Waals surface area contributed by atoms with Crippen LogP contribution in [-0.4, -0.2) is 20.7 Å². The van der Waals surface area contributed by atoms with E-state index in [0.717, 1.165) is 37.1 Å². The predicted octanol–water partition coefficient (Wildman–Crippen LogP) is 3.00. The van der Waals surface area contributed by atoms with Crippen molar-refractivity contribution in [1.82, 2.24) is 14.1 Å². The minimum atomic E-state index is -0.358. The van der Waals surface area contributed by atoms with Crippen molar-refractivity contribution in [3.63, 3.8) is 0 Å². The topological polar surface area (TPSA) is 60.1 Å². The monoisotopic (exact) mass is 380 g/mol. The molecule has 0 aliphatic carbocycles. The first-order valence-corrected chi connectivity index (χ1v) is 9.86. The zero-order valence-electron chi connectivity index (χ0n) is 17.1. The number of pyridine rings is 1. The Morgan fingerprint density at radius 3 is 2.39 bits per heavy atom. The standard InChI is InChI=1S/C22H28N4O2/c1-5-7-13-26(15-16-11-9-8-10-12-16)19-17(6-2)14-23-20-18(19)21(27)25(4)22(28)24(20)3/h8-12,14H,5-7,13,15H2,1-4H3. The van der Waals surface area contributed by atoms with Gasteiger partial charge in [-0.3, -0.25) is 13.9 Å². The largest absolute Gasteiger partial charge is 0.366 e. The van der Waals surface area contributed by atoms with Crippen LogP contribution in [0.4, 0.5) is 5.69 Å². The van der Waals surface area contributed by atoms with E-state index < -0.39 is 0 Å². The number of hydrogen-bond acceptors (Lipinski definition) is 4. The summed E-state index contributed by atoms with van der Waals surface area (Å²) in [4.78, 5) is 32.2. The summed E-state index contributed by atoms with van der Waals surface area (Å²) in [5.74, 6) is 0. The second-order valence-electron chi connectivity index (χ2n) is 7.15. The fourth-order valence-corrected chi connectivity index (χ4v) is 3.60. The van der Waals surface area contributed by atoms with E-state index in [0.29, 0.717) is 17.6 Å². The molecule has 0 spiro atoms. The number of aromatic nitrogens is 3. The first-order valence-electron chi connectivity index (χ1n) is 9.86. The molecule has 0 unspecified atom stereocenters. The summed E-state index contributed by atoms with van der Waals surface area (Å²) >= 11 is 0. The highest BCUT2D eigenvalue weighted by Gasteiger charge is 2.21. The summed E-state index contributed by atoms with van der Waals surface area (Å²) in [6, 6.07) is 10.3. The molecule has 0 radical (unpaired) electrons. The Morgan fingerprint density at radius 1 is 1.04 bits per heavy atom. The number of anilines is 1. The van der Waals surface area contributed by atoms with Crippen molar-refractivity contribution in [2.24, 2.45) is 14.1 Å². The molecule has 0 aliphatic heterocycles. The molecular formula is C22H28N4O2. The van der Waals surface area contributed by atoms with Crippen LogP contribution in [0, 0.1) is 0 Å². The lowest BCUT2D eigenvalue weighted by Gasteiger charge is -2.28. The Kier molecular flexibility index (Phi) is 5.97. The summed E-state index contributed by atoms with van der Waals surface area (Å²) in [6.45, 7) is 5.77. The van der Waals surface area contributed by atoms with Crippen molar-refractivity contribution in [2.75, 3.05) is 11.4 Å². The molecule has 6 nitrogen and oxygen atoms in total. The molecule has 148 valence electrons. The van der Waals surface area contributed by atoms with E-state index in [-0.39, 0.29) is 11.2 Å². The second-order valence-corrected chi connectivity index (χ2v) is 7.15. The number of benzene rings is 1. The smallest absolute Gasteiger partial charge is 0.332 e. The molecule has 3 aromatic rings. The Balaban J connectivity index is 2.30. The van der Waals surface area contributed by atoms with Gasteiger partial charge in [0.2, 0.25) is 0 Å². The molecular weight excluding hydrogens is 352 g/mol. The van der Waals surface area contributed by atoms with Gasteiger partial charge in [-0.1, -0.05) is 50.6 Å². The van der Waals surface area contributed by atoms with Crippen LogP contribution in [0.1, 0.15) is 37.8 Å². The number of unbranched alkanes of at least 4 members (excludes halogenated alkanes) is 1. The van der Waals surface area contributed by atoms with Crippen molar-refractivity contribution >= 4 is 16.7 Å². The highest BCUT2D eigenvalue weighted by molar-refractivity contribution is 5.90. The normalized spacial score (nSPS) is 11.1. The van der Waals surface area contributed by atoms with Gasteiger partial charge in [0.25, 0.3) is 5.56 Å². The molecule has 0 amide bonds. The van der Waals surface area contributed by atoms with Crippen LogP contribution in [0.2, 0.25) is 0 Å². The summed E-state index contributed by atoms with van der Waals surface area (Å²) < 4.78 is 2.63. The van der Waals surface area contributed by atoms with E-state index in [1.54, 1.807) is 13.2 Å². The third-order valence-corrected chi connectivity index (χ3v) is 5.21. The molecule has 2 aromatic heterocycles. The molecule has 0 bridgehead atoms. The first-order chi connectivity index (χ1) is 13.5. The number of hydrogen-bond donors (Lipinski definition) is 0. The van der Waals surface area contributed by atoms with Gasteiger partial charge in [-0.15, -0.1) is 0 Å². The second kappa shape index (κ2) is 8.42. The fourth-order valence-electron chi connectivity index (χ4n) is 3.60. The summed E-state index contributed by atoms with van der Waals surface area (Å²) in [7, 11) is 3.19. The molecule has 0 saturated carbocycles. The number of aryl methyl sites for hydroxylation is 2. The Hall–Kier alpha value is -2.89. The average molecular weight is 380 g/mol. The lowest BCUT2D eigenvalue weighted by molar-refractivity contribution is 0.697. The van der Waals surface area contributed by atoms with Crippen LogP contribution in [-0.2, 0) is 27.1 Å². The molecule has 28 heavy (non-hydrogen) atoms. The maximum atomic E-state index is 13.1. The zero-order chi connectivity index (χ0) is 20.3. The van der Waals surface area contributed by atoms with Crippen LogP contribution < -0.4 is 16.1 Å². The highest BCUT2D eigenvalue weighted by atomic mass is 16.2. The van der Waals surface area contributed by atoms with Crippen LogP contribution in [0.5, 0.6) is 0 Å². The summed E-state index contributed by atoms with van der Waals surface area (Å²) in [6.07, 6.45) is 4.65. The Labute approximate surface area is 165 Å². The number of rotatable bonds is 7. The van der Waals surface area contributed by atoms with Crippen LogP contribution >= 0.6 is 0 Å². The molecule has 0 aliphatic rings. The molecule has 6 heteroatoms. The van der Waals surface area contributed by atoms with Gasteiger partial charge in [0.1, 0.15) is 5.39 Å². The van der Waals surface area contributed by atoms with Crippen LogP contribution in [0.3, 0.4) is 0 Å². The number of nitrogens with zero attached hydrogens (tertiary/aromatic N) is 4. The van der Waals surface area contributed by atoms with Gasteiger partial charge in [0.05, 0.1) is 5.69 Å². The third-order valence-electron chi connectivity index (χ3n) is 5.21. The maximum absolute atomic E-state index is 13.1. The van der Waals surface area contributed by atoms with Crippen molar-refractivity contribution < 1.29 is 0 Å². The van der Waals surface area contributed by atoms with Gasteiger partial charge >= 0.3 is 5.69 Å². The van der Waals surface area contributed by atoms with Crippen molar-refractivity contribution in [2.45, 2.75) is 39.7 Å². The van der Waals surface area contributed by atoms with E-state index in [9.17, 15) is 9.59 Å². The fraction of sp³-hybridized carbons (Fsp3) is 0.409. The number of fused-ring (bicyclic) bond motifs is 1. The third kappa shape index (κ3) is 3.59. The van der Waals surface area contributed by atoms with Gasteiger partial charge in [-0.25, -0.2) is 9.78 Å². The van der Waals surface area contributed by atoms with Gasteiger partial charge < -0.3 is 4.90 Å². The van der Waals surface area contributed by atoms with E-state index >= 15 is 0 Å². The molecule has 0 N–H and O–H groups in total. The molecule has 0 saturated heterocycles. The average Bonchev–Trinajstić information content (AvgIpc) is 2.73. The lowest BCUT2D eigenvalue weighted by Crippen LogP contribution is -2.38. The van der Waals surface area contributed by atoms with Gasteiger partial charge in [-0.05, 0) is 24.0 Å². The highest BCUT2D eigenvalue weighted by Crippen LogP contribution is 2.29. The summed E-state index contributed by atoms with van der Waals surface area (Å²) in [5, 5.41) is 0.524. The molecule has 1 aromatic carbocycles. The molecule has 3 rings (SSSR count). The van der Waals surface area contributed by atoms with Crippen molar-refractivity contribution in [3.05, 3.63) is 68.5 Å². The quantitative estimate of drug-likeness (QED) is 0.632. The van der Waals surface area contributed by atoms with Gasteiger partial charge in [0.15, 0.2) is 5.65 Å². The van der Waals surface area contributed by atoms with E-state index in [4.69, 9.17) is 0 Å². The Bertz CT molecular complexity index is 1080. The minimum Gasteiger partial charge on any atom is -0.366 e. The van der Waals surface area contributed by atoms with Crippen molar-refractivity contribution in [1.29, 1.82) is 0 Å². The summed E-state index contributed by atoms with van der Waals surface area (Å²) in [5.41, 5.74) is 2.91. The minimum absolute atomic E-state index is 0.287. The van der Waals surface area contributed by atoms with Crippen molar-refractivity contribution in [3.8, 4) is 0 Å². The van der Waals surface area contributed by atoms with Crippen LogP contribution in [0.25, 0.3) is 11.0 Å². The molecule has 0 atom stereocenters. The van der Waals surface area contributed by atoms with Gasteiger partial charge in [-0.2, -0.15) is 0 Å². The predicted molar refractivity (Wildman–Crippen MR) is 114 cm³/mol. The molecule has 2 heterocycles. The zero-order valence-corrected chi connectivity index (χ0v) is 17.1. The van der Waals surface area contributed by atoms with E-state index in [2.05, 4.69) is 35.9 Å². The molecule has 0 fully saturated rings. The first kappa shape index (κ1) is 19.9. The van der Waals surface area contributed by atoms with Gasteiger partial charge in [0, 0.05) is 33.4 Å². The lowest BCUT2D eigenvalue weighted by atomic mass is 10.1. The van der Waals surface area contributed by atoms with Crippen LogP contribution in [0.15, 0.2) is 46.1 Å². The maximum Gasteiger partial charge on any atom is 0.332 e.